The van der Waals surface area contributed by atoms with Gasteiger partial charge in [0.2, 0.25) is 0 Å². The second-order valence-corrected chi connectivity index (χ2v) is 6.38. The number of aliphatic imine (C=N–C) groups is 1. The predicted octanol–water partition coefficient (Wildman–Crippen LogP) is 3.64. The van der Waals surface area contributed by atoms with E-state index in [1.165, 1.54) is 6.07 Å². The number of nitrogens with zero attached hydrogens (tertiary/aromatic N) is 2. The van der Waals surface area contributed by atoms with E-state index in [-0.39, 0.29) is 29.8 Å². The Morgan fingerprint density at radius 3 is 3.00 bits per heavy atom. The summed E-state index contributed by atoms with van der Waals surface area (Å²) in [6.07, 6.45) is 1.10. The van der Waals surface area contributed by atoms with Crippen LogP contribution in [0.5, 0.6) is 0 Å². The van der Waals surface area contributed by atoms with Gasteiger partial charge in [0.1, 0.15) is 5.82 Å². The maximum atomic E-state index is 13.8. The summed E-state index contributed by atoms with van der Waals surface area (Å²) in [5.74, 6) is 1.17. The van der Waals surface area contributed by atoms with Gasteiger partial charge >= 0.3 is 0 Å². The quantitative estimate of drug-likeness (QED) is 0.382. The van der Waals surface area contributed by atoms with Gasteiger partial charge in [-0.15, -0.1) is 24.0 Å². The Morgan fingerprint density at radius 1 is 1.52 bits per heavy atom. The number of hydrogen-bond donors (Lipinski definition) is 1. The zero-order chi connectivity index (χ0) is 15.9. The van der Waals surface area contributed by atoms with Crippen molar-refractivity contribution in [3.63, 3.8) is 0 Å². The molecule has 1 aromatic rings. The maximum Gasteiger partial charge on any atom is 0.194 e. The summed E-state index contributed by atoms with van der Waals surface area (Å²) in [5.41, 5.74) is 0.595. The Bertz CT molecular complexity index is 530. The molecular formula is C16H24BrFIN3O. The van der Waals surface area contributed by atoms with Crippen molar-refractivity contribution in [2.45, 2.75) is 19.9 Å². The van der Waals surface area contributed by atoms with Crippen LogP contribution in [0.2, 0.25) is 0 Å². The number of halogens is 3. The minimum absolute atomic E-state index is 0. The van der Waals surface area contributed by atoms with Crippen LogP contribution in [0, 0.1) is 11.7 Å². The number of nitrogens with one attached hydrogen (secondary N) is 1. The fourth-order valence-electron chi connectivity index (χ4n) is 2.65. The third-order valence-corrected chi connectivity index (χ3v) is 4.22. The highest BCUT2D eigenvalue weighted by atomic mass is 127. The molecule has 0 radical (unpaired) electrons. The van der Waals surface area contributed by atoms with Crippen LogP contribution in [0.1, 0.15) is 18.9 Å². The molecule has 0 amide bonds. The fraction of sp³-hybridized carbons (Fsp3) is 0.562. The van der Waals surface area contributed by atoms with Gasteiger partial charge in [0.15, 0.2) is 5.96 Å². The summed E-state index contributed by atoms with van der Waals surface area (Å²) in [7, 11) is 1.73. The molecule has 1 aromatic carbocycles. The lowest BCUT2D eigenvalue weighted by atomic mass is 10.1. The van der Waals surface area contributed by atoms with Crippen LogP contribution in [0.25, 0.3) is 0 Å². The fourth-order valence-corrected chi connectivity index (χ4v) is 3.06. The molecule has 0 spiro atoms. The molecule has 1 heterocycles. The smallest absolute Gasteiger partial charge is 0.194 e. The zero-order valence-corrected chi connectivity index (χ0v) is 17.4. The zero-order valence-electron chi connectivity index (χ0n) is 13.5. The van der Waals surface area contributed by atoms with Gasteiger partial charge in [-0.05, 0) is 31.5 Å². The lowest BCUT2D eigenvalue weighted by Crippen LogP contribution is -2.40. The van der Waals surface area contributed by atoms with Crippen LogP contribution in [0.15, 0.2) is 27.7 Å². The molecule has 0 aromatic heterocycles. The lowest BCUT2D eigenvalue weighted by Gasteiger charge is -2.21. The molecule has 0 aliphatic carbocycles. The molecular weight excluding hydrogens is 476 g/mol. The number of rotatable bonds is 5. The second-order valence-electron chi connectivity index (χ2n) is 5.46. The van der Waals surface area contributed by atoms with Gasteiger partial charge in [-0.2, -0.15) is 0 Å². The summed E-state index contributed by atoms with van der Waals surface area (Å²) in [4.78, 5) is 6.82. The van der Waals surface area contributed by atoms with Gasteiger partial charge < -0.3 is 15.0 Å². The number of guanidine groups is 1. The summed E-state index contributed by atoms with van der Waals surface area (Å²) in [6.45, 7) is 5.83. The summed E-state index contributed by atoms with van der Waals surface area (Å²) < 4.78 is 19.9. The van der Waals surface area contributed by atoms with E-state index in [0.29, 0.717) is 18.0 Å². The van der Waals surface area contributed by atoms with E-state index in [1.807, 2.05) is 6.92 Å². The van der Waals surface area contributed by atoms with E-state index in [9.17, 15) is 4.39 Å². The molecule has 1 N–H and O–H groups in total. The lowest BCUT2D eigenvalue weighted by molar-refractivity contribution is 0.157. The molecule has 1 atom stereocenters. The molecule has 1 unspecified atom stereocenters. The number of hydrogen-bond acceptors (Lipinski definition) is 2. The molecule has 2 rings (SSSR count). The first-order chi connectivity index (χ1) is 10.6. The highest BCUT2D eigenvalue weighted by Crippen LogP contribution is 2.18. The minimum Gasteiger partial charge on any atom is -0.384 e. The Hall–Kier alpha value is -0.410. The van der Waals surface area contributed by atoms with Crippen molar-refractivity contribution in [3.8, 4) is 0 Å². The van der Waals surface area contributed by atoms with Crippen LogP contribution >= 0.6 is 39.9 Å². The first-order valence-electron chi connectivity index (χ1n) is 7.60. The SMILES string of the molecule is CCNC(=NCc1cc(Br)ccc1F)N1CCC(COC)C1.I. The molecule has 1 aliphatic heterocycles. The van der Waals surface area contributed by atoms with Crippen molar-refractivity contribution in [2.75, 3.05) is 33.4 Å². The van der Waals surface area contributed by atoms with E-state index >= 15 is 0 Å². The van der Waals surface area contributed by atoms with Crippen molar-refractivity contribution in [1.29, 1.82) is 0 Å². The number of methoxy groups -OCH3 is 1. The third-order valence-electron chi connectivity index (χ3n) is 3.73. The third kappa shape index (κ3) is 6.19. The van der Waals surface area contributed by atoms with Crippen molar-refractivity contribution in [3.05, 3.63) is 34.1 Å². The van der Waals surface area contributed by atoms with Gasteiger partial charge in [-0.25, -0.2) is 9.38 Å². The van der Waals surface area contributed by atoms with Crippen molar-refractivity contribution in [1.82, 2.24) is 10.2 Å². The number of likely N-dealkylation sites (tertiary alicyclic amines) is 1. The molecule has 23 heavy (non-hydrogen) atoms. The number of benzene rings is 1. The molecule has 130 valence electrons. The normalized spacial score (nSPS) is 18.0. The van der Waals surface area contributed by atoms with Crippen LogP contribution < -0.4 is 5.32 Å². The van der Waals surface area contributed by atoms with Gasteiger partial charge in [-0.1, -0.05) is 15.9 Å². The molecule has 7 heteroatoms. The van der Waals surface area contributed by atoms with Crippen molar-refractivity contribution >= 4 is 45.9 Å². The van der Waals surface area contributed by atoms with E-state index in [0.717, 1.165) is 43.1 Å². The van der Waals surface area contributed by atoms with E-state index in [1.54, 1.807) is 19.2 Å². The molecule has 0 saturated carbocycles. The highest BCUT2D eigenvalue weighted by Gasteiger charge is 2.24. The molecule has 1 fully saturated rings. The largest absolute Gasteiger partial charge is 0.384 e. The Morgan fingerprint density at radius 2 is 2.30 bits per heavy atom. The van der Waals surface area contributed by atoms with Gasteiger partial charge in [0.25, 0.3) is 0 Å². The topological polar surface area (TPSA) is 36.9 Å². The van der Waals surface area contributed by atoms with Crippen molar-refractivity contribution in [2.24, 2.45) is 10.9 Å². The van der Waals surface area contributed by atoms with E-state index in [4.69, 9.17) is 4.74 Å². The van der Waals surface area contributed by atoms with Crippen LogP contribution in [0.3, 0.4) is 0 Å². The van der Waals surface area contributed by atoms with E-state index in [2.05, 4.69) is 31.1 Å². The molecule has 4 nitrogen and oxygen atoms in total. The summed E-state index contributed by atoms with van der Waals surface area (Å²) in [6, 6.07) is 4.94. The van der Waals surface area contributed by atoms with Crippen LogP contribution in [0.4, 0.5) is 4.39 Å². The van der Waals surface area contributed by atoms with Gasteiger partial charge in [-0.3, -0.25) is 0 Å². The molecule has 0 bridgehead atoms. The van der Waals surface area contributed by atoms with E-state index < -0.39 is 0 Å². The monoisotopic (exact) mass is 499 g/mol. The summed E-state index contributed by atoms with van der Waals surface area (Å²) >= 11 is 3.37. The Kier molecular flexibility index (Phi) is 9.38. The Balaban J connectivity index is 0.00000264. The number of ether oxygens (including phenoxy) is 1. The highest BCUT2D eigenvalue weighted by molar-refractivity contribution is 14.0. The molecule has 1 aliphatic rings. The second kappa shape index (κ2) is 10.5. The summed E-state index contributed by atoms with van der Waals surface area (Å²) in [5, 5.41) is 3.29. The molecule has 1 saturated heterocycles. The minimum atomic E-state index is -0.221. The standard InChI is InChI=1S/C16H23BrFN3O.HI/c1-3-19-16(21-7-6-12(10-21)11-22-2)20-9-13-8-14(17)4-5-15(13)18;/h4-5,8,12H,3,6-7,9-11H2,1-2H3,(H,19,20);1H. The first kappa shape index (κ1) is 20.6. The van der Waals surface area contributed by atoms with Crippen LogP contribution in [-0.2, 0) is 11.3 Å². The predicted molar refractivity (Wildman–Crippen MR) is 106 cm³/mol. The van der Waals surface area contributed by atoms with Crippen molar-refractivity contribution < 1.29 is 9.13 Å². The van der Waals surface area contributed by atoms with Gasteiger partial charge in [0, 0.05) is 42.7 Å². The van der Waals surface area contributed by atoms with Crippen LogP contribution in [-0.4, -0.2) is 44.2 Å². The van der Waals surface area contributed by atoms with Gasteiger partial charge in [0.05, 0.1) is 13.2 Å². The maximum absolute atomic E-state index is 13.8. The Labute approximate surface area is 163 Å². The first-order valence-corrected chi connectivity index (χ1v) is 8.39. The average molecular weight is 500 g/mol. The average Bonchev–Trinajstić information content (AvgIpc) is 2.95.